The van der Waals surface area contributed by atoms with Crippen LogP contribution in [0.3, 0.4) is 0 Å². The van der Waals surface area contributed by atoms with Crippen molar-refractivity contribution >= 4 is 5.91 Å². The Hall–Kier alpha value is 0.390. The molecule has 0 bridgehead atoms. The fourth-order valence-corrected chi connectivity index (χ4v) is 2.17. The molecule has 0 radical (unpaired) electrons. The molecule has 0 atom stereocenters. The second kappa shape index (κ2) is 5.15. The summed E-state index contributed by atoms with van der Waals surface area (Å²) in [4.78, 5) is 13.5. The van der Waals surface area contributed by atoms with Gasteiger partial charge in [0.1, 0.15) is 0 Å². The number of carbonyl (C=O) groups is 1. The molecule has 4 nitrogen and oxygen atoms in total. The zero-order chi connectivity index (χ0) is 11.0. The van der Waals surface area contributed by atoms with Crippen LogP contribution in [-0.2, 0) is 4.79 Å². The average molecular weight is 222 g/mol. The van der Waals surface area contributed by atoms with Gasteiger partial charge in [-0.05, 0) is 27.7 Å². The molecule has 1 rings (SSSR count). The van der Waals surface area contributed by atoms with Crippen LogP contribution >= 0.6 is 0 Å². The van der Waals surface area contributed by atoms with Crippen LogP contribution in [0.1, 0.15) is 27.7 Å². The first-order valence-corrected chi connectivity index (χ1v) is 4.95. The van der Waals surface area contributed by atoms with Gasteiger partial charge in [0.05, 0.1) is 5.54 Å². The number of rotatable bonds is 2. The smallest absolute Gasteiger partial charge is 0.853 e. The first kappa shape index (κ1) is 15.4. The Morgan fingerprint density at radius 1 is 1.40 bits per heavy atom. The van der Waals surface area contributed by atoms with Crippen LogP contribution in [-0.4, -0.2) is 41.6 Å². The zero-order valence-electron chi connectivity index (χ0n) is 10.4. The molecule has 15 heavy (non-hydrogen) atoms. The van der Waals surface area contributed by atoms with Gasteiger partial charge in [0.25, 0.3) is 0 Å². The second-order valence-corrected chi connectivity index (χ2v) is 5.06. The maximum atomic E-state index is 11.8. The van der Waals surface area contributed by atoms with Gasteiger partial charge in [0, 0.05) is 18.6 Å². The number of carbonyl (C=O) groups excluding carboxylic acids is 1. The van der Waals surface area contributed by atoms with Crippen LogP contribution < -0.4 is 40.0 Å². The van der Waals surface area contributed by atoms with E-state index in [1.54, 1.807) is 4.90 Å². The zero-order valence-corrected chi connectivity index (χ0v) is 12.4. The number of piperazine rings is 1. The topological polar surface area (TPSA) is 55.4 Å². The van der Waals surface area contributed by atoms with Crippen molar-refractivity contribution in [3.63, 3.8) is 0 Å². The van der Waals surface area contributed by atoms with E-state index in [-0.39, 0.29) is 47.6 Å². The third-order valence-corrected chi connectivity index (χ3v) is 2.42. The molecule has 1 heterocycles. The molecular formula is C10H19N2NaO2. The van der Waals surface area contributed by atoms with Gasteiger partial charge in [0.15, 0.2) is 0 Å². The molecule has 0 aliphatic carbocycles. The molecule has 1 fully saturated rings. The van der Waals surface area contributed by atoms with Crippen molar-refractivity contribution in [2.45, 2.75) is 38.8 Å². The summed E-state index contributed by atoms with van der Waals surface area (Å²) in [7, 11) is 0. The van der Waals surface area contributed by atoms with Crippen molar-refractivity contribution < 1.29 is 39.5 Å². The molecule has 5 heteroatoms. The van der Waals surface area contributed by atoms with Gasteiger partial charge < -0.3 is 10.0 Å². The molecule has 0 aromatic rings. The second-order valence-electron chi connectivity index (χ2n) is 5.06. The molecule has 0 aromatic heterocycles. The normalized spacial score (nSPS) is 23.5. The number of hydrogen-bond donors (Lipinski definition) is 1. The molecule has 1 aliphatic rings. The number of amides is 1. The van der Waals surface area contributed by atoms with Crippen molar-refractivity contribution in [1.82, 2.24) is 10.2 Å². The van der Waals surface area contributed by atoms with Gasteiger partial charge in [-0.25, -0.2) is 0 Å². The summed E-state index contributed by atoms with van der Waals surface area (Å²) in [6, 6.07) is 0. The van der Waals surface area contributed by atoms with Gasteiger partial charge in [-0.15, -0.1) is 6.61 Å². The van der Waals surface area contributed by atoms with E-state index in [0.717, 1.165) is 0 Å². The Bertz CT molecular complexity index is 242. The van der Waals surface area contributed by atoms with Crippen LogP contribution in [0.25, 0.3) is 0 Å². The summed E-state index contributed by atoms with van der Waals surface area (Å²) < 4.78 is 0. The molecule has 1 saturated heterocycles. The predicted octanol–water partition coefficient (Wildman–Crippen LogP) is -3.66. The number of nitrogens with zero attached hydrogens (tertiary/aromatic N) is 1. The van der Waals surface area contributed by atoms with Gasteiger partial charge >= 0.3 is 29.6 Å². The van der Waals surface area contributed by atoms with E-state index in [9.17, 15) is 9.90 Å². The summed E-state index contributed by atoms with van der Waals surface area (Å²) in [5, 5.41) is 13.8. The molecule has 1 aliphatic heterocycles. The van der Waals surface area contributed by atoms with Crippen molar-refractivity contribution in [3.8, 4) is 0 Å². The van der Waals surface area contributed by atoms with Crippen molar-refractivity contribution in [3.05, 3.63) is 0 Å². The molecule has 0 unspecified atom stereocenters. The third-order valence-electron chi connectivity index (χ3n) is 2.42. The SMILES string of the molecule is CC1(C)CN(CC[O-])C(=O)C(C)(C)N1.[Na+]. The van der Waals surface area contributed by atoms with Gasteiger partial charge in [-0.2, -0.15) is 0 Å². The molecule has 82 valence electrons. The van der Waals surface area contributed by atoms with E-state index >= 15 is 0 Å². The van der Waals surface area contributed by atoms with Crippen molar-refractivity contribution in [2.24, 2.45) is 0 Å². The Labute approximate surface area is 114 Å². The van der Waals surface area contributed by atoms with Gasteiger partial charge in [-0.3, -0.25) is 10.1 Å². The fraction of sp³-hybridized carbons (Fsp3) is 0.900. The Morgan fingerprint density at radius 3 is 2.40 bits per heavy atom. The third kappa shape index (κ3) is 3.71. The molecule has 0 aromatic carbocycles. The van der Waals surface area contributed by atoms with Crippen LogP contribution in [0.15, 0.2) is 0 Å². The molecular weight excluding hydrogens is 203 g/mol. The minimum Gasteiger partial charge on any atom is -0.853 e. The Kier molecular flexibility index (Phi) is 5.28. The minimum atomic E-state index is -0.559. The minimum absolute atomic E-state index is 0. The van der Waals surface area contributed by atoms with Gasteiger partial charge in [-0.1, -0.05) is 0 Å². The number of nitrogens with one attached hydrogen (secondary N) is 1. The van der Waals surface area contributed by atoms with E-state index in [2.05, 4.69) is 5.32 Å². The van der Waals surface area contributed by atoms with Crippen molar-refractivity contribution in [1.29, 1.82) is 0 Å². The maximum Gasteiger partial charge on any atom is 1.00 e. The molecule has 0 saturated carbocycles. The molecule has 1 amide bonds. The summed E-state index contributed by atoms with van der Waals surface area (Å²) in [6.45, 7) is 8.49. The Morgan fingerprint density at radius 2 is 1.93 bits per heavy atom. The largest absolute Gasteiger partial charge is 1.00 e. The van der Waals surface area contributed by atoms with E-state index in [1.165, 1.54) is 0 Å². The fourth-order valence-electron chi connectivity index (χ4n) is 2.17. The van der Waals surface area contributed by atoms with E-state index in [0.29, 0.717) is 13.1 Å². The Balaban J connectivity index is 0.00000196. The van der Waals surface area contributed by atoms with Crippen molar-refractivity contribution in [2.75, 3.05) is 19.7 Å². The van der Waals surface area contributed by atoms with Crippen LogP contribution in [0.5, 0.6) is 0 Å². The standard InChI is InChI=1S/C10H19N2O2.Na/c1-9(2)7-12(5-6-13)8(14)10(3,4)11-9;/h11H,5-7H2,1-4H3;/q-1;+1. The molecule has 1 N–H and O–H groups in total. The van der Waals surface area contributed by atoms with Gasteiger partial charge in [0.2, 0.25) is 5.91 Å². The quantitative estimate of drug-likeness (QED) is 0.490. The van der Waals surface area contributed by atoms with E-state index in [4.69, 9.17) is 0 Å². The van der Waals surface area contributed by atoms with E-state index in [1.807, 2.05) is 27.7 Å². The maximum absolute atomic E-state index is 11.8. The summed E-state index contributed by atoms with van der Waals surface area (Å²) in [5.74, 6) is 0.0210. The number of hydrogen-bond acceptors (Lipinski definition) is 3. The van der Waals surface area contributed by atoms with E-state index < -0.39 is 5.54 Å². The van der Waals surface area contributed by atoms with Crippen LogP contribution in [0.4, 0.5) is 0 Å². The summed E-state index contributed by atoms with van der Waals surface area (Å²) >= 11 is 0. The predicted molar refractivity (Wildman–Crippen MR) is 52.7 cm³/mol. The first-order chi connectivity index (χ1) is 6.28. The summed E-state index contributed by atoms with van der Waals surface area (Å²) in [6.07, 6.45) is 0. The summed E-state index contributed by atoms with van der Waals surface area (Å²) in [5.41, 5.74) is -0.677. The monoisotopic (exact) mass is 222 g/mol. The average Bonchev–Trinajstić information content (AvgIpc) is 1.97. The van der Waals surface area contributed by atoms with Crippen LogP contribution in [0.2, 0.25) is 0 Å². The molecule has 0 spiro atoms. The van der Waals surface area contributed by atoms with Crippen LogP contribution in [0, 0.1) is 0 Å². The first-order valence-electron chi connectivity index (χ1n) is 4.95.